The maximum atomic E-state index is 12.8. The number of hydrogen-bond acceptors (Lipinski definition) is 3. The lowest BCUT2D eigenvalue weighted by molar-refractivity contribution is 0.0697. The lowest BCUT2D eigenvalue weighted by Crippen LogP contribution is -2.09. The van der Waals surface area contributed by atoms with E-state index in [4.69, 9.17) is 9.52 Å². The molecule has 0 saturated carbocycles. The monoisotopic (exact) mass is 346 g/mol. The molecule has 1 heterocycles. The predicted octanol–water partition coefficient (Wildman–Crippen LogP) is 4.59. The smallest absolute Gasteiger partial charge is 0.335 e. The number of aryl methyl sites for hydroxylation is 2. The zero-order chi connectivity index (χ0) is 18.4. The summed E-state index contributed by atoms with van der Waals surface area (Å²) in [5, 5.41) is 9.47. The Labute approximate surface area is 150 Å². The third kappa shape index (κ3) is 2.64. The van der Waals surface area contributed by atoms with Crippen molar-refractivity contribution in [3.05, 3.63) is 80.2 Å². The molecule has 0 saturated heterocycles. The molecule has 2 aromatic carbocycles. The molecule has 4 nitrogen and oxygen atoms in total. The molecule has 26 heavy (non-hydrogen) atoms. The van der Waals surface area contributed by atoms with Gasteiger partial charge in [-0.25, -0.2) is 4.79 Å². The topological polar surface area (TPSA) is 67.5 Å². The predicted molar refractivity (Wildman–Crippen MR) is 102 cm³/mol. The van der Waals surface area contributed by atoms with Crippen LogP contribution in [0.3, 0.4) is 0 Å². The molecule has 4 rings (SSSR count). The van der Waals surface area contributed by atoms with Gasteiger partial charge in [0.2, 0.25) is 0 Å². The van der Waals surface area contributed by atoms with Crippen molar-refractivity contribution < 1.29 is 14.3 Å². The average Bonchev–Trinajstić information content (AvgIpc) is 3.01. The minimum atomic E-state index is -1.05. The van der Waals surface area contributed by atoms with Crippen LogP contribution < -0.4 is 5.43 Å². The fourth-order valence-corrected chi connectivity index (χ4v) is 3.47. The molecule has 0 bridgehead atoms. The van der Waals surface area contributed by atoms with Crippen molar-refractivity contribution >= 4 is 28.6 Å². The van der Waals surface area contributed by atoms with E-state index < -0.39 is 5.97 Å². The number of benzene rings is 2. The lowest BCUT2D eigenvalue weighted by Gasteiger charge is -2.06. The van der Waals surface area contributed by atoms with Gasteiger partial charge in [-0.2, -0.15) is 0 Å². The number of carboxylic acid groups (broad SMARTS) is 1. The molecule has 1 aromatic heterocycles. The van der Waals surface area contributed by atoms with Crippen LogP contribution in [0.15, 0.2) is 45.6 Å². The van der Waals surface area contributed by atoms with Crippen LogP contribution in [0.4, 0.5) is 0 Å². The third-order valence-corrected chi connectivity index (χ3v) is 4.93. The summed E-state index contributed by atoms with van der Waals surface area (Å²) in [6.07, 6.45) is 3.44. The number of hydrogen-bond donors (Lipinski definition) is 1. The van der Waals surface area contributed by atoms with Crippen LogP contribution in [0.2, 0.25) is 0 Å². The first kappa shape index (κ1) is 16.3. The second-order valence-corrected chi connectivity index (χ2v) is 6.78. The van der Waals surface area contributed by atoms with Gasteiger partial charge < -0.3 is 9.52 Å². The SMILES string of the molecule is Cc1ccc(C)c(C=C2CCc3c2oc2ccc(C(=O)O)cc2c3=O)c1. The van der Waals surface area contributed by atoms with Gasteiger partial charge in [-0.3, -0.25) is 4.79 Å². The van der Waals surface area contributed by atoms with Crippen molar-refractivity contribution in [2.45, 2.75) is 26.7 Å². The van der Waals surface area contributed by atoms with E-state index in [0.717, 1.165) is 17.6 Å². The molecular formula is C22H18O4. The van der Waals surface area contributed by atoms with Crippen LogP contribution in [-0.4, -0.2) is 11.1 Å². The molecule has 0 atom stereocenters. The summed E-state index contributed by atoms with van der Waals surface area (Å²) in [6, 6.07) is 10.7. The van der Waals surface area contributed by atoms with Gasteiger partial charge in [-0.05, 0) is 67.7 Å². The fourth-order valence-electron chi connectivity index (χ4n) is 3.47. The van der Waals surface area contributed by atoms with Gasteiger partial charge in [0.1, 0.15) is 11.3 Å². The Morgan fingerprint density at radius 1 is 1.12 bits per heavy atom. The van der Waals surface area contributed by atoms with Crippen LogP contribution in [0.1, 0.15) is 44.8 Å². The number of fused-ring (bicyclic) bond motifs is 2. The molecule has 1 aliphatic rings. The molecule has 0 radical (unpaired) electrons. The second-order valence-electron chi connectivity index (χ2n) is 6.78. The highest BCUT2D eigenvalue weighted by Crippen LogP contribution is 2.34. The van der Waals surface area contributed by atoms with E-state index in [9.17, 15) is 9.59 Å². The van der Waals surface area contributed by atoms with Gasteiger partial charge in [-0.1, -0.05) is 23.8 Å². The van der Waals surface area contributed by atoms with Crippen molar-refractivity contribution in [3.63, 3.8) is 0 Å². The Balaban J connectivity index is 1.90. The van der Waals surface area contributed by atoms with Crippen molar-refractivity contribution in [1.29, 1.82) is 0 Å². The van der Waals surface area contributed by atoms with Crippen LogP contribution in [-0.2, 0) is 6.42 Å². The molecule has 0 fully saturated rings. The van der Waals surface area contributed by atoms with Crippen molar-refractivity contribution in [3.8, 4) is 0 Å². The van der Waals surface area contributed by atoms with Crippen molar-refractivity contribution in [1.82, 2.24) is 0 Å². The normalized spacial score (nSPS) is 14.8. The summed E-state index contributed by atoms with van der Waals surface area (Å²) in [5.41, 5.74) is 5.51. The first-order valence-electron chi connectivity index (χ1n) is 8.55. The molecule has 0 spiro atoms. The highest BCUT2D eigenvalue weighted by atomic mass is 16.4. The Bertz CT molecular complexity index is 1150. The zero-order valence-electron chi connectivity index (χ0n) is 14.6. The molecule has 130 valence electrons. The van der Waals surface area contributed by atoms with E-state index in [1.54, 1.807) is 6.07 Å². The number of carboxylic acids is 1. The number of aromatic carboxylic acids is 1. The molecule has 3 aromatic rings. The summed E-state index contributed by atoms with van der Waals surface area (Å²) in [4.78, 5) is 24.0. The standard InChI is InChI=1S/C22H18O4/c1-12-3-4-13(2)16(9-12)10-14-5-7-17-20(23)18-11-15(22(24)25)6-8-19(18)26-21(14)17/h3-4,6,8-11H,5,7H2,1-2H3,(H,24,25). The Kier molecular flexibility index (Phi) is 3.76. The summed E-state index contributed by atoms with van der Waals surface area (Å²) in [6.45, 7) is 4.11. The Hall–Kier alpha value is -3.14. The number of carbonyl (C=O) groups is 1. The number of rotatable bonds is 2. The van der Waals surface area contributed by atoms with E-state index in [1.807, 2.05) is 0 Å². The maximum absolute atomic E-state index is 12.8. The molecule has 1 N–H and O–H groups in total. The zero-order valence-corrected chi connectivity index (χ0v) is 14.6. The maximum Gasteiger partial charge on any atom is 0.335 e. The van der Waals surface area contributed by atoms with Gasteiger partial charge in [0.05, 0.1) is 10.9 Å². The number of allylic oxidation sites excluding steroid dienone is 1. The van der Waals surface area contributed by atoms with Crippen LogP contribution in [0, 0.1) is 13.8 Å². The minimum Gasteiger partial charge on any atom is -0.478 e. The molecule has 1 aliphatic carbocycles. The fraction of sp³-hybridized carbons (Fsp3) is 0.182. The van der Waals surface area contributed by atoms with E-state index in [2.05, 4.69) is 38.1 Å². The molecule has 0 amide bonds. The second kappa shape index (κ2) is 5.99. The van der Waals surface area contributed by atoms with Gasteiger partial charge in [0.15, 0.2) is 5.43 Å². The summed E-state index contributed by atoms with van der Waals surface area (Å²) in [7, 11) is 0. The van der Waals surface area contributed by atoms with E-state index in [0.29, 0.717) is 28.7 Å². The van der Waals surface area contributed by atoms with E-state index >= 15 is 0 Å². The van der Waals surface area contributed by atoms with Crippen LogP contribution in [0.25, 0.3) is 22.6 Å². The van der Waals surface area contributed by atoms with E-state index in [-0.39, 0.29) is 11.0 Å². The first-order valence-corrected chi connectivity index (χ1v) is 8.55. The molecular weight excluding hydrogens is 328 g/mol. The summed E-state index contributed by atoms with van der Waals surface area (Å²) < 4.78 is 6.01. The molecule has 0 aliphatic heterocycles. The highest BCUT2D eigenvalue weighted by molar-refractivity contribution is 5.94. The minimum absolute atomic E-state index is 0.0916. The van der Waals surface area contributed by atoms with Crippen LogP contribution >= 0.6 is 0 Å². The average molecular weight is 346 g/mol. The summed E-state index contributed by atoms with van der Waals surface area (Å²) in [5.74, 6) is -0.422. The largest absolute Gasteiger partial charge is 0.478 e. The van der Waals surface area contributed by atoms with Gasteiger partial charge in [0, 0.05) is 5.56 Å². The van der Waals surface area contributed by atoms with E-state index in [1.165, 1.54) is 23.3 Å². The highest BCUT2D eigenvalue weighted by Gasteiger charge is 2.24. The first-order chi connectivity index (χ1) is 12.4. The molecule has 4 heteroatoms. The Morgan fingerprint density at radius 3 is 2.69 bits per heavy atom. The van der Waals surface area contributed by atoms with Gasteiger partial charge in [-0.15, -0.1) is 0 Å². The third-order valence-electron chi connectivity index (χ3n) is 4.93. The Morgan fingerprint density at radius 2 is 1.92 bits per heavy atom. The van der Waals surface area contributed by atoms with Gasteiger partial charge >= 0.3 is 5.97 Å². The van der Waals surface area contributed by atoms with Crippen LogP contribution in [0.5, 0.6) is 0 Å². The molecule has 0 unspecified atom stereocenters. The van der Waals surface area contributed by atoms with Gasteiger partial charge in [0.25, 0.3) is 0 Å². The van der Waals surface area contributed by atoms with Crippen molar-refractivity contribution in [2.24, 2.45) is 0 Å². The quantitative estimate of drug-likeness (QED) is 0.737. The lowest BCUT2D eigenvalue weighted by atomic mass is 10.0. The summed E-state index contributed by atoms with van der Waals surface area (Å²) >= 11 is 0. The van der Waals surface area contributed by atoms with Crippen molar-refractivity contribution in [2.75, 3.05) is 0 Å².